The molecule has 0 aliphatic carbocycles. The van der Waals surface area contributed by atoms with Gasteiger partial charge in [-0.15, -0.1) is 0 Å². The van der Waals surface area contributed by atoms with Crippen molar-refractivity contribution < 1.29 is 17.9 Å². The van der Waals surface area contributed by atoms with Crippen molar-refractivity contribution >= 4 is 10.0 Å². The number of sulfonamides is 1. The maximum atomic E-state index is 11.5. The molecule has 0 fully saturated rings. The van der Waals surface area contributed by atoms with Crippen molar-refractivity contribution in [2.75, 3.05) is 19.5 Å². The van der Waals surface area contributed by atoms with Gasteiger partial charge in [-0.2, -0.15) is 0 Å². The van der Waals surface area contributed by atoms with Gasteiger partial charge in [-0.05, 0) is 37.5 Å². The Bertz CT molecular complexity index is 555. The van der Waals surface area contributed by atoms with Crippen LogP contribution < -0.4 is 14.2 Å². The Morgan fingerprint density at radius 1 is 1.10 bits per heavy atom. The summed E-state index contributed by atoms with van der Waals surface area (Å²) in [5.74, 6) is 1.43. The second kappa shape index (κ2) is 7.66. The highest BCUT2D eigenvalue weighted by Crippen LogP contribution is 2.33. The maximum absolute atomic E-state index is 11.5. The number of rotatable bonds is 8. The molecular formula is C15H25NO4S. The fourth-order valence-electron chi connectivity index (χ4n) is 2.08. The molecule has 0 spiro atoms. The van der Waals surface area contributed by atoms with Gasteiger partial charge in [0.2, 0.25) is 10.0 Å². The van der Waals surface area contributed by atoms with E-state index in [4.69, 9.17) is 9.47 Å². The smallest absolute Gasteiger partial charge is 0.209 e. The Hall–Kier alpha value is -1.27. The minimum absolute atomic E-state index is 0.118. The Morgan fingerprint density at radius 3 is 2.14 bits per heavy atom. The molecule has 0 saturated heterocycles. The van der Waals surface area contributed by atoms with Gasteiger partial charge in [0.05, 0.1) is 19.5 Å². The molecule has 0 saturated carbocycles. The Morgan fingerprint density at radius 2 is 1.67 bits per heavy atom. The van der Waals surface area contributed by atoms with E-state index in [2.05, 4.69) is 4.72 Å². The van der Waals surface area contributed by atoms with E-state index in [1.54, 1.807) is 0 Å². The minimum Gasteiger partial charge on any atom is -0.490 e. The van der Waals surface area contributed by atoms with Crippen LogP contribution in [0.2, 0.25) is 0 Å². The summed E-state index contributed by atoms with van der Waals surface area (Å²) in [5, 5.41) is 0. The molecule has 1 N–H and O–H groups in total. The molecular weight excluding hydrogens is 290 g/mol. The van der Waals surface area contributed by atoms with Crippen LogP contribution in [-0.2, 0) is 10.0 Å². The van der Waals surface area contributed by atoms with Crippen LogP contribution in [0.5, 0.6) is 11.5 Å². The van der Waals surface area contributed by atoms with Gasteiger partial charge >= 0.3 is 0 Å². The molecule has 0 amide bonds. The number of hydrogen-bond acceptors (Lipinski definition) is 4. The quantitative estimate of drug-likeness (QED) is 0.801. The van der Waals surface area contributed by atoms with E-state index in [0.29, 0.717) is 24.7 Å². The third-order valence-corrected chi connectivity index (χ3v) is 3.62. The van der Waals surface area contributed by atoms with Gasteiger partial charge in [-0.3, -0.25) is 0 Å². The molecule has 21 heavy (non-hydrogen) atoms. The third kappa shape index (κ3) is 5.55. The normalized spacial score (nSPS) is 13.2. The van der Waals surface area contributed by atoms with Crippen molar-refractivity contribution in [2.24, 2.45) is 5.92 Å². The highest BCUT2D eigenvalue weighted by atomic mass is 32.2. The van der Waals surface area contributed by atoms with Gasteiger partial charge in [-0.1, -0.05) is 19.9 Å². The first-order valence-electron chi connectivity index (χ1n) is 7.15. The molecule has 6 heteroatoms. The fourth-order valence-corrected chi connectivity index (χ4v) is 2.95. The topological polar surface area (TPSA) is 64.6 Å². The fraction of sp³-hybridized carbons (Fsp3) is 0.600. The van der Waals surface area contributed by atoms with Crippen LogP contribution in [0.1, 0.15) is 39.3 Å². The molecule has 0 aliphatic heterocycles. The number of benzene rings is 1. The Balaban J connectivity index is 3.17. The maximum Gasteiger partial charge on any atom is 0.209 e. The monoisotopic (exact) mass is 315 g/mol. The largest absolute Gasteiger partial charge is 0.490 e. The second-order valence-corrected chi connectivity index (χ2v) is 6.96. The van der Waals surface area contributed by atoms with E-state index in [9.17, 15) is 8.42 Å². The molecule has 120 valence electrons. The van der Waals surface area contributed by atoms with Gasteiger partial charge in [0.1, 0.15) is 0 Å². The van der Waals surface area contributed by atoms with Crippen LogP contribution in [0.15, 0.2) is 18.2 Å². The predicted octanol–water partition coefficient (Wildman–Crippen LogP) is 2.73. The van der Waals surface area contributed by atoms with Crippen LogP contribution in [0, 0.1) is 5.92 Å². The molecule has 0 heterocycles. The summed E-state index contributed by atoms with van der Waals surface area (Å²) in [5.41, 5.74) is 0.863. The van der Waals surface area contributed by atoms with Crippen molar-refractivity contribution in [3.05, 3.63) is 23.8 Å². The molecule has 0 radical (unpaired) electrons. The lowest BCUT2D eigenvalue weighted by atomic mass is 9.97. The summed E-state index contributed by atoms with van der Waals surface area (Å²) in [6.07, 6.45) is 1.17. The first kappa shape index (κ1) is 17.8. The zero-order valence-corrected chi connectivity index (χ0v) is 14.2. The van der Waals surface area contributed by atoms with Gasteiger partial charge < -0.3 is 9.47 Å². The first-order chi connectivity index (χ1) is 9.78. The van der Waals surface area contributed by atoms with Crippen molar-refractivity contribution in [3.8, 4) is 11.5 Å². The predicted molar refractivity (Wildman–Crippen MR) is 84.3 cm³/mol. The highest BCUT2D eigenvalue weighted by Gasteiger charge is 2.21. The van der Waals surface area contributed by atoms with E-state index in [1.807, 2.05) is 45.9 Å². The molecule has 0 bridgehead atoms. The lowest BCUT2D eigenvalue weighted by molar-refractivity contribution is 0.287. The van der Waals surface area contributed by atoms with Crippen LogP contribution in [0.3, 0.4) is 0 Å². The van der Waals surface area contributed by atoms with Crippen LogP contribution >= 0.6 is 0 Å². The Labute approximate surface area is 127 Å². The van der Waals surface area contributed by atoms with Crippen LogP contribution in [0.25, 0.3) is 0 Å². The van der Waals surface area contributed by atoms with Crippen molar-refractivity contribution in [1.82, 2.24) is 4.72 Å². The van der Waals surface area contributed by atoms with Gasteiger partial charge in [0.15, 0.2) is 11.5 Å². The molecule has 1 unspecified atom stereocenters. The van der Waals surface area contributed by atoms with Crippen molar-refractivity contribution in [1.29, 1.82) is 0 Å². The van der Waals surface area contributed by atoms with E-state index >= 15 is 0 Å². The summed E-state index contributed by atoms with van der Waals surface area (Å²) in [4.78, 5) is 0. The van der Waals surface area contributed by atoms with Crippen LogP contribution in [-0.4, -0.2) is 27.9 Å². The SMILES string of the molecule is CCOc1ccc(C(NS(C)(=O)=O)C(C)C)cc1OCC. The van der Waals surface area contributed by atoms with Crippen molar-refractivity contribution in [2.45, 2.75) is 33.7 Å². The molecule has 1 aromatic carbocycles. The number of nitrogens with one attached hydrogen (secondary N) is 1. The summed E-state index contributed by atoms with van der Waals surface area (Å²) in [7, 11) is -3.28. The zero-order chi connectivity index (χ0) is 16.0. The molecule has 1 aromatic rings. The van der Waals surface area contributed by atoms with E-state index in [1.165, 1.54) is 6.26 Å². The zero-order valence-electron chi connectivity index (χ0n) is 13.3. The van der Waals surface area contributed by atoms with E-state index in [0.717, 1.165) is 5.56 Å². The third-order valence-electron chi connectivity index (χ3n) is 2.93. The Kier molecular flexibility index (Phi) is 6.48. The highest BCUT2D eigenvalue weighted by molar-refractivity contribution is 7.88. The molecule has 0 aliphatic rings. The minimum atomic E-state index is -3.28. The number of ether oxygens (including phenoxy) is 2. The standard InChI is InChI=1S/C15H25NO4S/c1-6-19-13-9-8-12(10-14(13)20-7-2)15(11(3)4)16-21(5,17)18/h8-11,15-16H,6-7H2,1-5H3. The molecule has 5 nitrogen and oxygen atoms in total. The average molecular weight is 315 g/mol. The first-order valence-corrected chi connectivity index (χ1v) is 9.04. The van der Waals surface area contributed by atoms with Gasteiger partial charge in [0, 0.05) is 6.04 Å². The molecule has 0 aromatic heterocycles. The van der Waals surface area contributed by atoms with Gasteiger partial charge in [0.25, 0.3) is 0 Å². The molecule has 1 atom stereocenters. The van der Waals surface area contributed by atoms with E-state index < -0.39 is 10.0 Å². The summed E-state index contributed by atoms with van der Waals surface area (Å²) in [6.45, 7) is 8.83. The summed E-state index contributed by atoms with van der Waals surface area (Å²) in [6, 6.07) is 5.24. The second-order valence-electron chi connectivity index (χ2n) is 5.18. The number of hydrogen-bond donors (Lipinski definition) is 1. The van der Waals surface area contributed by atoms with E-state index in [-0.39, 0.29) is 12.0 Å². The molecule has 1 rings (SSSR count). The lowest BCUT2D eigenvalue weighted by Gasteiger charge is -2.23. The van der Waals surface area contributed by atoms with Crippen molar-refractivity contribution in [3.63, 3.8) is 0 Å². The van der Waals surface area contributed by atoms with Gasteiger partial charge in [-0.25, -0.2) is 13.1 Å². The average Bonchev–Trinajstić information content (AvgIpc) is 2.37. The summed E-state index contributed by atoms with van der Waals surface area (Å²) >= 11 is 0. The summed E-state index contributed by atoms with van der Waals surface area (Å²) < 4.78 is 36.8. The van der Waals surface area contributed by atoms with Crippen LogP contribution in [0.4, 0.5) is 0 Å². The lowest BCUT2D eigenvalue weighted by Crippen LogP contribution is -2.30.